The fraction of sp³-hybridized carbons (Fsp3) is 0.778. The molecule has 0 heterocycles. The van der Waals surface area contributed by atoms with Gasteiger partial charge in [-0.15, -0.1) is 0 Å². The van der Waals surface area contributed by atoms with Crippen molar-refractivity contribution in [2.75, 3.05) is 0 Å². The minimum Gasteiger partial charge on any atom is -0.0654 e. The fourth-order valence-electron chi connectivity index (χ4n) is 3.95. The predicted molar refractivity (Wildman–Crippen MR) is 123 cm³/mol. The highest BCUT2D eigenvalue weighted by Crippen LogP contribution is 2.18. The Labute approximate surface area is 171 Å². The van der Waals surface area contributed by atoms with Gasteiger partial charge in [0.2, 0.25) is 0 Å². The van der Waals surface area contributed by atoms with Gasteiger partial charge in [0.15, 0.2) is 0 Å². The van der Waals surface area contributed by atoms with Crippen molar-refractivity contribution in [3.8, 4) is 0 Å². The van der Waals surface area contributed by atoms with E-state index in [1.165, 1.54) is 127 Å². The highest BCUT2D eigenvalue weighted by molar-refractivity contribution is 5.29. The lowest BCUT2D eigenvalue weighted by atomic mass is 9.95. The molecular weight excluding hydrogens is 324 g/mol. The van der Waals surface area contributed by atoms with Crippen LogP contribution in [0.3, 0.4) is 0 Å². The standard InChI is InChI=1S/C27H47/c1-4-7-10-13-16-19-25-22-26(20-17-14-11-8-5-2)24-27(23-25)21-18-15-12-9-6-3/h22-23H,4-21H2,1-3H3. The van der Waals surface area contributed by atoms with Crippen LogP contribution in [-0.4, -0.2) is 0 Å². The van der Waals surface area contributed by atoms with E-state index in [0.29, 0.717) is 0 Å². The lowest BCUT2D eigenvalue weighted by Crippen LogP contribution is -1.96. The zero-order chi connectivity index (χ0) is 19.6. The Morgan fingerprint density at radius 1 is 0.481 bits per heavy atom. The highest BCUT2D eigenvalue weighted by atomic mass is 14.1. The summed E-state index contributed by atoms with van der Waals surface area (Å²) in [5.74, 6) is 0. The smallest absolute Gasteiger partial charge is 0.0114 e. The third-order valence-corrected chi connectivity index (χ3v) is 5.71. The van der Waals surface area contributed by atoms with E-state index < -0.39 is 0 Å². The Hall–Kier alpha value is -0.780. The summed E-state index contributed by atoms with van der Waals surface area (Å²) in [4.78, 5) is 0. The van der Waals surface area contributed by atoms with E-state index in [0.717, 1.165) is 0 Å². The van der Waals surface area contributed by atoms with Crippen LogP contribution in [0.2, 0.25) is 0 Å². The molecule has 1 aromatic carbocycles. The van der Waals surface area contributed by atoms with Crippen LogP contribution in [0.5, 0.6) is 0 Å². The summed E-state index contributed by atoms with van der Waals surface area (Å²) in [5, 5.41) is 0. The number of hydrogen-bond donors (Lipinski definition) is 0. The summed E-state index contributed by atoms with van der Waals surface area (Å²) in [6, 6.07) is 8.72. The minimum atomic E-state index is 1.23. The molecule has 0 atom stereocenters. The van der Waals surface area contributed by atoms with Crippen molar-refractivity contribution < 1.29 is 0 Å². The van der Waals surface area contributed by atoms with Crippen LogP contribution in [0.25, 0.3) is 0 Å². The van der Waals surface area contributed by atoms with Crippen LogP contribution in [0.4, 0.5) is 0 Å². The summed E-state index contributed by atoms with van der Waals surface area (Å²) in [6.45, 7) is 6.89. The van der Waals surface area contributed by atoms with E-state index in [2.05, 4.69) is 39.0 Å². The molecule has 0 saturated heterocycles. The van der Waals surface area contributed by atoms with Crippen LogP contribution in [0.15, 0.2) is 12.1 Å². The topological polar surface area (TPSA) is 0 Å². The number of benzene rings is 1. The highest BCUT2D eigenvalue weighted by Gasteiger charge is 2.04. The van der Waals surface area contributed by atoms with E-state index in [1.807, 2.05) is 0 Å². The van der Waals surface area contributed by atoms with E-state index in [1.54, 1.807) is 5.56 Å². The molecule has 27 heavy (non-hydrogen) atoms. The molecule has 0 aliphatic heterocycles. The zero-order valence-electron chi connectivity index (χ0n) is 18.9. The van der Waals surface area contributed by atoms with Gasteiger partial charge in [-0.25, -0.2) is 0 Å². The Bertz CT molecular complexity index is 366. The molecule has 1 aromatic rings. The first-order valence-electron chi connectivity index (χ1n) is 12.3. The van der Waals surface area contributed by atoms with Gasteiger partial charge in [-0.05, 0) is 61.3 Å². The molecule has 1 rings (SSSR count). The third kappa shape index (κ3) is 13.1. The summed E-state index contributed by atoms with van der Waals surface area (Å²) in [6.07, 6.45) is 24.3. The molecule has 0 saturated carbocycles. The maximum atomic E-state index is 3.78. The van der Waals surface area contributed by atoms with Gasteiger partial charge in [0.25, 0.3) is 0 Å². The van der Waals surface area contributed by atoms with Gasteiger partial charge in [-0.3, -0.25) is 0 Å². The number of hydrogen-bond acceptors (Lipinski definition) is 0. The van der Waals surface area contributed by atoms with Gasteiger partial charge in [-0.1, -0.05) is 110 Å². The van der Waals surface area contributed by atoms with Crippen molar-refractivity contribution in [3.63, 3.8) is 0 Å². The first-order chi connectivity index (χ1) is 13.3. The molecule has 0 bridgehead atoms. The molecule has 0 unspecified atom stereocenters. The molecule has 0 fully saturated rings. The normalized spacial score (nSPS) is 11.2. The van der Waals surface area contributed by atoms with Crippen molar-refractivity contribution in [3.05, 3.63) is 34.9 Å². The summed E-state index contributed by atoms with van der Waals surface area (Å²) in [7, 11) is 0. The molecule has 0 aromatic heterocycles. The second kappa shape index (κ2) is 17.3. The van der Waals surface area contributed by atoms with Crippen LogP contribution >= 0.6 is 0 Å². The van der Waals surface area contributed by atoms with Crippen LogP contribution in [-0.2, 0) is 19.3 Å². The Balaban J connectivity index is 2.52. The van der Waals surface area contributed by atoms with Crippen molar-refractivity contribution in [2.45, 2.75) is 136 Å². The van der Waals surface area contributed by atoms with Crippen LogP contribution in [0, 0.1) is 6.07 Å². The largest absolute Gasteiger partial charge is 0.0654 e. The number of unbranched alkanes of at least 4 members (excludes halogenated alkanes) is 12. The first kappa shape index (κ1) is 24.3. The lowest BCUT2D eigenvalue weighted by Gasteiger charge is -2.10. The number of aryl methyl sites for hydroxylation is 3. The molecule has 0 N–H and O–H groups in total. The minimum absolute atomic E-state index is 1.23. The Morgan fingerprint density at radius 2 is 0.852 bits per heavy atom. The summed E-state index contributed by atoms with van der Waals surface area (Å²) >= 11 is 0. The average Bonchev–Trinajstić information content (AvgIpc) is 2.67. The predicted octanol–water partition coefficient (Wildman–Crippen LogP) is 9.03. The molecule has 1 radical (unpaired) electrons. The summed E-state index contributed by atoms with van der Waals surface area (Å²) in [5.41, 5.74) is 4.56. The molecule has 0 nitrogen and oxygen atoms in total. The maximum Gasteiger partial charge on any atom is -0.0114 e. The van der Waals surface area contributed by atoms with Crippen molar-refractivity contribution in [1.29, 1.82) is 0 Å². The molecule has 0 aliphatic carbocycles. The fourth-order valence-corrected chi connectivity index (χ4v) is 3.95. The van der Waals surface area contributed by atoms with Gasteiger partial charge < -0.3 is 0 Å². The first-order valence-corrected chi connectivity index (χ1v) is 12.3. The second-order valence-corrected chi connectivity index (χ2v) is 8.53. The molecular formula is C27H47. The average molecular weight is 372 g/mol. The van der Waals surface area contributed by atoms with Gasteiger partial charge >= 0.3 is 0 Å². The van der Waals surface area contributed by atoms with Crippen molar-refractivity contribution in [1.82, 2.24) is 0 Å². The van der Waals surface area contributed by atoms with Gasteiger partial charge in [0, 0.05) is 0 Å². The quantitative estimate of drug-likeness (QED) is 0.226. The van der Waals surface area contributed by atoms with E-state index >= 15 is 0 Å². The van der Waals surface area contributed by atoms with Crippen LogP contribution in [0.1, 0.15) is 134 Å². The van der Waals surface area contributed by atoms with Gasteiger partial charge in [-0.2, -0.15) is 0 Å². The number of rotatable bonds is 18. The van der Waals surface area contributed by atoms with Gasteiger partial charge in [0.05, 0.1) is 0 Å². The molecule has 0 spiro atoms. The maximum absolute atomic E-state index is 3.78. The molecule has 0 aliphatic rings. The van der Waals surface area contributed by atoms with E-state index in [4.69, 9.17) is 0 Å². The molecule has 155 valence electrons. The monoisotopic (exact) mass is 371 g/mol. The third-order valence-electron chi connectivity index (χ3n) is 5.71. The van der Waals surface area contributed by atoms with Gasteiger partial charge in [0.1, 0.15) is 0 Å². The Morgan fingerprint density at radius 3 is 1.26 bits per heavy atom. The van der Waals surface area contributed by atoms with Crippen molar-refractivity contribution in [2.24, 2.45) is 0 Å². The van der Waals surface area contributed by atoms with Crippen LogP contribution < -0.4 is 0 Å². The van der Waals surface area contributed by atoms with Crippen molar-refractivity contribution >= 4 is 0 Å². The Kier molecular flexibility index (Phi) is 15.6. The van der Waals surface area contributed by atoms with E-state index in [9.17, 15) is 0 Å². The summed E-state index contributed by atoms with van der Waals surface area (Å²) < 4.78 is 0. The lowest BCUT2D eigenvalue weighted by molar-refractivity contribution is 0.624. The second-order valence-electron chi connectivity index (χ2n) is 8.53. The zero-order valence-corrected chi connectivity index (χ0v) is 18.9. The molecule has 0 amide bonds. The SMILES string of the molecule is CCCCCCCc1[c]c(CCCCCCC)cc(CCCCCCC)c1. The molecule has 0 heteroatoms. The van der Waals surface area contributed by atoms with E-state index in [-0.39, 0.29) is 0 Å².